The molecule has 0 aliphatic heterocycles. The molecule has 0 aromatic heterocycles. The third kappa shape index (κ3) is 6.36. The highest BCUT2D eigenvalue weighted by atomic mass is 28.3. The van der Waals surface area contributed by atoms with Crippen molar-refractivity contribution >= 4 is 14.0 Å². The van der Waals surface area contributed by atoms with Gasteiger partial charge in [-0.25, -0.2) is 4.79 Å². The van der Waals surface area contributed by atoms with Crippen LogP contribution in [0.3, 0.4) is 0 Å². The molecule has 0 aliphatic rings. The van der Waals surface area contributed by atoms with Gasteiger partial charge >= 0.3 is 5.97 Å². The van der Waals surface area contributed by atoms with Gasteiger partial charge in [-0.2, -0.15) is 0 Å². The zero-order valence-electron chi connectivity index (χ0n) is 8.72. The van der Waals surface area contributed by atoms with Gasteiger partial charge in [0.15, 0.2) is 6.54 Å². The standard InChI is InChI=1S/C8H19NO2Si/c1-9(2,6-8(10)11)7-12(3,4)5/h6-7H2,1-5H3/p+1. The molecule has 12 heavy (non-hydrogen) atoms. The molecule has 0 heterocycles. The largest absolute Gasteiger partial charge is 0.477 e. The van der Waals surface area contributed by atoms with Gasteiger partial charge in [0.1, 0.15) is 8.07 Å². The summed E-state index contributed by atoms with van der Waals surface area (Å²) < 4.78 is 0.602. The van der Waals surface area contributed by atoms with Gasteiger partial charge in [0, 0.05) is 0 Å². The Morgan fingerprint density at radius 2 is 1.75 bits per heavy atom. The first-order valence-corrected chi connectivity index (χ1v) is 7.87. The number of aliphatic carboxylic acids is 1. The second-order valence-corrected chi connectivity index (χ2v) is 10.6. The van der Waals surface area contributed by atoms with Crippen LogP contribution >= 0.6 is 0 Å². The average Bonchev–Trinajstić information content (AvgIpc) is 1.48. The van der Waals surface area contributed by atoms with Crippen LogP contribution in [0.5, 0.6) is 0 Å². The Bertz CT molecular complexity index is 172. The Hall–Kier alpha value is -0.353. The second-order valence-electron chi connectivity index (χ2n) is 5.21. The summed E-state index contributed by atoms with van der Waals surface area (Å²) in [5.74, 6) is -0.710. The summed E-state index contributed by atoms with van der Waals surface area (Å²) in [6, 6.07) is 0. The summed E-state index contributed by atoms with van der Waals surface area (Å²) in [7, 11) is 2.81. The van der Waals surface area contributed by atoms with Crippen LogP contribution in [0, 0.1) is 0 Å². The van der Waals surface area contributed by atoms with E-state index in [1.165, 1.54) is 0 Å². The Morgan fingerprint density at radius 1 is 1.33 bits per heavy atom. The van der Waals surface area contributed by atoms with Gasteiger partial charge in [0.25, 0.3) is 0 Å². The summed E-state index contributed by atoms with van der Waals surface area (Å²) in [4.78, 5) is 10.5. The molecule has 0 bridgehead atoms. The molecule has 0 amide bonds. The fourth-order valence-electron chi connectivity index (χ4n) is 1.71. The van der Waals surface area contributed by atoms with E-state index in [-0.39, 0.29) is 6.54 Å². The molecule has 0 saturated carbocycles. The number of rotatable bonds is 4. The van der Waals surface area contributed by atoms with Crippen molar-refractivity contribution in [2.45, 2.75) is 19.6 Å². The normalized spacial score (nSPS) is 13.1. The van der Waals surface area contributed by atoms with E-state index >= 15 is 0 Å². The van der Waals surface area contributed by atoms with E-state index < -0.39 is 14.0 Å². The van der Waals surface area contributed by atoms with E-state index in [0.29, 0.717) is 4.48 Å². The number of carbonyl (C=O) groups is 1. The maximum absolute atomic E-state index is 10.5. The predicted octanol–water partition coefficient (Wildman–Crippen LogP) is 1.02. The van der Waals surface area contributed by atoms with Crippen LogP contribution in [-0.4, -0.2) is 50.4 Å². The van der Waals surface area contributed by atoms with Crippen molar-refractivity contribution in [2.75, 3.05) is 26.8 Å². The van der Waals surface area contributed by atoms with Crippen molar-refractivity contribution in [2.24, 2.45) is 0 Å². The molecule has 0 aliphatic carbocycles. The third-order valence-corrected chi connectivity index (χ3v) is 3.27. The second kappa shape index (κ2) is 3.58. The molecule has 0 spiro atoms. The van der Waals surface area contributed by atoms with Crippen molar-refractivity contribution < 1.29 is 14.4 Å². The number of hydrogen-bond donors (Lipinski definition) is 1. The first kappa shape index (κ1) is 11.6. The number of hydrogen-bond acceptors (Lipinski definition) is 1. The third-order valence-electron chi connectivity index (χ3n) is 1.47. The molecule has 0 rings (SSSR count). The lowest BCUT2D eigenvalue weighted by molar-refractivity contribution is -0.873. The number of nitrogens with zero attached hydrogens (tertiary/aromatic N) is 1. The summed E-state index contributed by atoms with van der Waals surface area (Å²) >= 11 is 0. The van der Waals surface area contributed by atoms with Crippen LogP contribution < -0.4 is 0 Å². The smallest absolute Gasteiger partial charge is 0.359 e. The SMILES string of the molecule is C[N+](C)(CC(=O)O)C[Si](C)(C)C. The zero-order valence-corrected chi connectivity index (χ0v) is 9.72. The molecule has 72 valence electrons. The molecule has 1 N–H and O–H groups in total. The van der Waals surface area contributed by atoms with E-state index in [4.69, 9.17) is 5.11 Å². The fourth-order valence-corrected chi connectivity index (χ4v) is 4.39. The van der Waals surface area contributed by atoms with Gasteiger partial charge in [0.2, 0.25) is 0 Å². The minimum atomic E-state index is -1.15. The van der Waals surface area contributed by atoms with E-state index in [2.05, 4.69) is 19.6 Å². The monoisotopic (exact) mass is 190 g/mol. The highest BCUT2D eigenvalue weighted by molar-refractivity contribution is 6.76. The molecule has 0 saturated heterocycles. The number of quaternary nitrogens is 1. The van der Waals surface area contributed by atoms with Gasteiger partial charge in [-0.1, -0.05) is 19.6 Å². The molecular formula is C8H20NO2Si+. The van der Waals surface area contributed by atoms with E-state index in [1.54, 1.807) is 0 Å². The Morgan fingerprint density at radius 3 is 2.00 bits per heavy atom. The average molecular weight is 190 g/mol. The van der Waals surface area contributed by atoms with E-state index in [1.807, 2.05) is 14.1 Å². The van der Waals surface area contributed by atoms with Crippen LogP contribution in [0.1, 0.15) is 0 Å². The highest BCUT2D eigenvalue weighted by Crippen LogP contribution is 2.08. The lowest BCUT2D eigenvalue weighted by Gasteiger charge is -2.33. The van der Waals surface area contributed by atoms with Gasteiger partial charge in [-0.05, 0) is 0 Å². The lowest BCUT2D eigenvalue weighted by atomic mass is 10.5. The number of likely N-dealkylation sites (N-methyl/N-ethyl adjacent to an activating group) is 1. The van der Waals surface area contributed by atoms with Gasteiger partial charge in [0.05, 0.1) is 20.3 Å². The maximum Gasteiger partial charge on any atom is 0.359 e. The van der Waals surface area contributed by atoms with Crippen LogP contribution in [0.2, 0.25) is 19.6 Å². The van der Waals surface area contributed by atoms with Crippen LogP contribution in [-0.2, 0) is 4.79 Å². The van der Waals surface area contributed by atoms with Gasteiger partial charge in [-0.3, -0.25) is 0 Å². The first-order chi connectivity index (χ1) is 5.12. The quantitative estimate of drug-likeness (QED) is 0.531. The summed E-state index contributed by atoms with van der Waals surface area (Å²) in [6.07, 6.45) is 1.01. The molecule has 4 heteroatoms. The molecule has 0 atom stereocenters. The molecule has 0 fully saturated rings. The first-order valence-electron chi connectivity index (χ1n) is 4.16. The molecule has 3 nitrogen and oxygen atoms in total. The fraction of sp³-hybridized carbons (Fsp3) is 0.875. The van der Waals surface area contributed by atoms with Crippen LogP contribution in [0.25, 0.3) is 0 Å². The highest BCUT2D eigenvalue weighted by Gasteiger charge is 2.28. The Labute approximate surface area is 75.6 Å². The maximum atomic E-state index is 10.5. The Kier molecular flexibility index (Phi) is 3.47. The molecule has 0 radical (unpaired) electrons. The van der Waals surface area contributed by atoms with E-state index in [9.17, 15) is 4.79 Å². The minimum Gasteiger partial charge on any atom is -0.477 e. The van der Waals surface area contributed by atoms with Crippen molar-refractivity contribution in [3.63, 3.8) is 0 Å². The van der Waals surface area contributed by atoms with Gasteiger partial charge in [-0.15, -0.1) is 0 Å². The number of carboxylic acids is 1. The summed E-state index contributed by atoms with van der Waals surface area (Å²) in [5.41, 5.74) is 0. The van der Waals surface area contributed by atoms with Crippen molar-refractivity contribution in [3.8, 4) is 0 Å². The van der Waals surface area contributed by atoms with Crippen LogP contribution in [0.4, 0.5) is 0 Å². The predicted molar refractivity (Wildman–Crippen MR) is 52.8 cm³/mol. The number of carboxylic acid groups (broad SMARTS) is 1. The zero-order chi connectivity index (χ0) is 9.99. The lowest BCUT2D eigenvalue weighted by Crippen LogP contribution is -2.52. The van der Waals surface area contributed by atoms with Gasteiger partial charge < -0.3 is 9.59 Å². The molecule has 0 aromatic rings. The van der Waals surface area contributed by atoms with Crippen LogP contribution in [0.15, 0.2) is 0 Å². The molecule has 0 unspecified atom stereocenters. The Balaban J connectivity index is 4.13. The topological polar surface area (TPSA) is 37.3 Å². The van der Waals surface area contributed by atoms with Crippen molar-refractivity contribution in [1.82, 2.24) is 0 Å². The van der Waals surface area contributed by atoms with Crippen molar-refractivity contribution in [1.29, 1.82) is 0 Å². The molecular weight excluding hydrogens is 170 g/mol. The summed E-state index contributed by atoms with van der Waals surface area (Å²) in [6.45, 7) is 7.00. The molecule has 0 aromatic carbocycles. The minimum absolute atomic E-state index is 0.226. The summed E-state index contributed by atoms with van der Waals surface area (Å²) in [5, 5.41) is 8.65. The van der Waals surface area contributed by atoms with E-state index in [0.717, 1.165) is 6.17 Å². The van der Waals surface area contributed by atoms with Crippen molar-refractivity contribution in [3.05, 3.63) is 0 Å².